The average molecular weight is 435 g/mol. The molecule has 0 unspecified atom stereocenters. The van der Waals surface area contributed by atoms with E-state index < -0.39 is 17.6 Å². The number of carbonyl (C=O) groups is 1. The van der Waals surface area contributed by atoms with Gasteiger partial charge in [0.15, 0.2) is 0 Å². The fraction of sp³-hybridized carbons (Fsp3) is 0.478. The average Bonchev–Trinajstić information content (AvgIpc) is 3.25. The van der Waals surface area contributed by atoms with Crippen molar-refractivity contribution >= 4 is 11.7 Å². The number of amides is 1. The number of primary amides is 1. The molecule has 1 fully saturated rings. The molecule has 2 heterocycles. The van der Waals surface area contributed by atoms with Gasteiger partial charge in [-0.3, -0.25) is 4.79 Å². The van der Waals surface area contributed by atoms with E-state index in [2.05, 4.69) is 4.90 Å². The van der Waals surface area contributed by atoms with Crippen LogP contribution in [0.4, 0.5) is 19.0 Å². The molecule has 3 rings (SSSR count). The van der Waals surface area contributed by atoms with E-state index in [1.807, 2.05) is 13.8 Å². The molecule has 0 saturated carbocycles. The molecule has 1 aromatic carbocycles. The first-order valence-electron chi connectivity index (χ1n) is 10.5. The summed E-state index contributed by atoms with van der Waals surface area (Å²) in [7, 11) is 0. The molecule has 1 aromatic heterocycles. The summed E-state index contributed by atoms with van der Waals surface area (Å²) < 4.78 is 39.0. The number of carbonyl (C=O) groups excluding carboxylic acids is 1. The quantitative estimate of drug-likeness (QED) is 0.667. The van der Waals surface area contributed by atoms with E-state index in [0.29, 0.717) is 29.1 Å². The highest BCUT2D eigenvalue weighted by atomic mass is 19.4. The summed E-state index contributed by atoms with van der Waals surface area (Å²) in [5.41, 5.74) is 6.64. The molecular weight excluding hydrogens is 407 g/mol. The molecule has 1 atom stereocenters. The van der Waals surface area contributed by atoms with Crippen LogP contribution in [0.15, 0.2) is 30.3 Å². The Balaban J connectivity index is 2.17. The molecule has 1 amide bonds. The van der Waals surface area contributed by atoms with Crippen LogP contribution < -0.4 is 10.6 Å². The number of benzene rings is 1. The van der Waals surface area contributed by atoms with Crippen molar-refractivity contribution in [1.29, 1.82) is 0 Å². The van der Waals surface area contributed by atoms with Crippen molar-refractivity contribution in [1.82, 2.24) is 4.98 Å². The molecule has 1 aliphatic heterocycles. The molecular formula is C23H28F3N3O2. The summed E-state index contributed by atoms with van der Waals surface area (Å²) in [6, 6.07) is 6.44. The monoisotopic (exact) mass is 435 g/mol. The Hall–Kier alpha value is -2.61. The molecule has 0 aliphatic carbocycles. The van der Waals surface area contributed by atoms with Gasteiger partial charge in [-0.1, -0.05) is 26.0 Å². The van der Waals surface area contributed by atoms with Gasteiger partial charge in [-0.2, -0.15) is 13.2 Å². The van der Waals surface area contributed by atoms with Crippen molar-refractivity contribution < 1.29 is 23.1 Å². The first-order valence-corrected chi connectivity index (χ1v) is 10.5. The second-order valence-corrected chi connectivity index (χ2v) is 8.43. The molecule has 168 valence electrons. The van der Waals surface area contributed by atoms with E-state index in [9.17, 15) is 23.1 Å². The third-order valence-electron chi connectivity index (χ3n) is 5.59. The fourth-order valence-corrected chi connectivity index (χ4v) is 4.09. The van der Waals surface area contributed by atoms with Crippen molar-refractivity contribution in [3.05, 3.63) is 47.2 Å². The molecule has 31 heavy (non-hydrogen) atoms. The highest BCUT2D eigenvalue weighted by Crippen LogP contribution is 2.37. The highest BCUT2D eigenvalue weighted by Gasteiger charge is 2.31. The molecule has 8 heteroatoms. The number of aliphatic hydroxyl groups is 1. The van der Waals surface area contributed by atoms with Gasteiger partial charge in [0, 0.05) is 24.6 Å². The van der Waals surface area contributed by atoms with Gasteiger partial charge in [0.05, 0.1) is 23.4 Å². The van der Waals surface area contributed by atoms with Gasteiger partial charge in [0.25, 0.3) is 5.91 Å². The van der Waals surface area contributed by atoms with Gasteiger partial charge in [0.2, 0.25) is 0 Å². The van der Waals surface area contributed by atoms with Crippen LogP contribution in [0.2, 0.25) is 0 Å². The van der Waals surface area contributed by atoms with Crippen LogP contribution in [0.3, 0.4) is 0 Å². The maximum Gasteiger partial charge on any atom is 0.416 e. The lowest BCUT2D eigenvalue weighted by molar-refractivity contribution is -0.137. The molecule has 0 spiro atoms. The van der Waals surface area contributed by atoms with Crippen LogP contribution in [0.1, 0.15) is 60.6 Å². The van der Waals surface area contributed by atoms with E-state index in [0.717, 1.165) is 38.1 Å². The maximum atomic E-state index is 13.0. The second-order valence-electron chi connectivity index (χ2n) is 8.43. The van der Waals surface area contributed by atoms with Crippen LogP contribution in [0.25, 0.3) is 11.1 Å². The fourth-order valence-electron chi connectivity index (χ4n) is 4.09. The van der Waals surface area contributed by atoms with Crippen molar-refractivity contribution in [2.24, 2.45) is 11.7 Å². The zero-order valence-corrected chi connectivity index (χ0v) is 17.7. The molecule has 0 bridgehead atoms. The molecule has 0 radical (unpaired) electrons. The van der Waals surface area contributed by atoms with Crippen LogP contribution in [-0.2, 0) is 6.18 Å². The number of halogens is 3. The number of anilines is 1. The topological polar surface area (TPSA) is 79.5 Å². The number of nitrogens with two attached hydrogens (primary N) is 1. The molecule has 5 nitrogen and oxygen atoms in total. The van der Waals surface area contributed by atoms with Crippen molar-refractivity contribution in [2.45, 2.75) is 45.2 Å². The number of aromatic nitrogens is 1. The standard InChI is InChI=1S/C23H28F3N3O2/c1-14(2)11-16(13-30)20-19(21(27)31)12-18(22(28-20)29-9-3-4-10-29)15-5-7-17(8-6-15)23(24,25)26/h5-8,12,14,16,30H,3-4,9-11,13H2,1-2H3,(H2,27,31)/t16-/m0/s1. The zero-order chi connectivity index (χ0) is 22.8. The number of pyridine rings is 1. The van der Waals surface area contributed by atoms with Gasteiger partial charge in [-0.25, -0.2) is 4.98 Å². The summed E-state index contributed by atoms with van der Waals surface area (Å²) in [5, 5.41) is 9.97. The number of hydrogen-bond donors (Lipinski definition) is 2. The molecule has 2 aromatic rings. The summed E-state index contributed by atoms with van der Waals surface area (Å²) >= 11 is 0. The van der Waals surface area contributed by atoms with Gasteiger partial charge in [0.1, 0.15) is 5.82 Å². The number of nitrogens with zero attached hydrogens (tertiary/aromatic N) is 2. The normalized spacial score (nSPS) is 15.5. The van der Waals surface area contributed by atoms with Gasteiger partial charge < -0.3 is 15.7 Å². The van der Waals surface area contributed by atoms with Crippen LogP contribution in [0.5, 0.6) is 0 Å². The molecule has 1 saturated heterocycles. The first-order chi connectivity index (χ1) is 14.6. The van der Waals surface area contributed by atoms with Gasteiger partial charge in [-0.15, -0.1) is 0 Å². The number of rotatable bonds is 7. The Kier molecular flexibility index (Phi) is 6.89. The van der Waals surface area contributed by atoms with Crippen molar-refractivity contribution in [3.8, 4) is 11.1 Å². The largest absolute Gasteiger partial charge is 0.416 e. The SMILES string of the molecule is CC(C)C[C@@H](CO)c1nc(N2CCCC2)c(-c2ccc(C(F)(F)F)cc2)cc1C(N)=O. The maximum absolute atomic E-state index is 13.0. The Morgan fingerprint density at radius 3 is 2.29 bits per heavy atom. The lowest BCUT2D eigenvalue weighted by Crippen LogP contribution is -2.25. The number of alkyl halides is 3. The Labute approximate surface area is 180 Å². The third-order valence-corrected chi connectivity index (χ3v) is 5.59. The van der Waals surface area contributed by atoms with Gasteiger partial charge in [-0.05, 0) is 48.9 Å². The first kappa shape index (κ1) is 23.1. The predicted molar refractivity (Wildman–Crippen MR) is 114 cm³/mol. The van der Waals surface area contributed by atoms with E-state index in [-0.39, 0.29) is 24.0 Å². The highest BCUT2D eigenvalue weighted by molar-refractivity contribution is 5.96. The minimum absolute atomic E-state index is 0.176. The molecule has 3 N–H and O–H groups in total. The summed E-state index contributed by atoms with van der Waals surface area (Å²) in [6.45, 7) is 5.40. The van der Waals surface area contributed by atoms with E-state index in [4.69, 9.17) is 10.7 Å². The number of hydrogen-bond acceptors (Lipinski definition) is 4. The zero-order valence-electron chi connectivity index (χ0n) is 17.7. The van der Waals surface area contributed by atoms with E-state index in [1.54, 1.807) is 6.07 Å². The molecule has 1 aliphatic rings. The Bertz CT molecular complexity index is 921. The van der Waals surface area contributed by atoms with Crippen LogP contribution in [-0.4, -0.2) is 35.7 Å². The lowest BCUT2D eigenvalue weighted by atomic mass is 9.90. The van der Waals surface area contributed by atoms with Crippen molar-refractivity contribution in [2.75, 3.05) is 24.6 Å². The summed E-state index contributed by atoms with van der Waals surface area (Å²) in [4.78, 5) is 19.1. The van der Waals surface area contributed by atoms with E-state index >= 15 is 0 Å². The summed E-state index contributed by atoms with van der Waals surface area (Å²) in [5.74, 6) is -0.152. The van der Waals surface area contributed by atoms with Crippen molar-refractivity contribution in [3.63, 3.8) is 0 Å². The van der Waals surface area contributed by atoms with E-state index in [1.165, 1.54) is 12.1 Å². The Morgan fingerprint density at radius 2 is 1.81 bits per heavy atom. The third kappa shape index (κ3) is 5.18. The predicted octanol–water partition coefficient (Wildman–Crippen LogP) is 4.59. The summed E-state index contributed by atoms with van der Waals surface area (Å²) in [6.07, 6.45) is -1.84. The van der Waals surface area contributed by atoms with Gasteiger partial charge >= 0.3 is 6.18 Å². The minimum Gasteiger partial charge on any atom is -0.396 e. The van der Waals surface area contributed by atoms with Crippen LogP contribution in [0, 0.1) is 5.92 Å². The lowest BCUT2D eigenvalue weighted by Gasteiger charge is -2.25. The Morgan fingerprint density at radius 1 is 1.19 bits per heavy atom. The minimum atomic E-state index is -4.43. The second kappa shape index (κ2) is 9.26. The number of aliphatic hydroxyl groups excluding tert-OH is 1. The van der Waals surface area contributed by atoms with Crippen LogP contribution >= 0.6 is 0 Å². The smallest absolute Gasteiger partial charge is 0.396 e.